The summed E-state index contributed by atoms with van der Waals surface area (Å²) in [6, 6.07) is 5.74. The number of nitrogens with zero attached hydrogens (tertiary/aromatic N) is 2. The molecule has 2 aromatic rings. The van der Waals surface area contributed by atoms with E-state index in [9.17, 15) is 0 Å². The van der Waals surface area contributed by atoms with E-state index in [1.165, 1.54) is 0 Å². The fourth-order valence-corrected chi connectivity index (χ4v) is 1.12. The maximum Gasteiger partial charge on any atom is 0.120 e. The van der Waals surface area contributed by atoms with Crippen molar-refractivity contribution < 1.29 is 0 Å². The average molecular weight is 247 g/mol. The Kier molecular flexibility index (Phi) is 5.93. The van der Waals surface area contributed by atoms with Crippen molar-refractivity contribution in [2.75, 3.05) is 0 Å². The number of aromatic amines is 1. The first-order chi connectivity index (χ1) is 6.40. The van der Waals surface area contributed by atoms with Crippen molar-refractivity contribution in [2.45, 2.75) is 6.54 Å². The Bertz CT molecular complexity index is 388. The van der Waals surface area contributed by atoms with Gasteiger partial charge in [-0.1, -0.05) is 6.07 Å². The maximum absolute atomic E-state index is 5.43. The van der Waals surface area contributed by atoms with Gasteiger partial charge in [0.25, 0.3) is 0 Å². The summed E-state index contributed by atoms with van der Waals surface area (Å²) >= 11 is 0. The van der Waals surface area contributed by atoms with Crippen LogP contribution in [0.15, 0.2) is 30.6 Å². The average Bonchev–Trinajstić information content (AvgIpc) is 2.67. The van der Waals surface area contributed by atoms with Crippen molar-refractivity contribution >= 4 is 24.8 Å². The first kappa shape index (κ1) is 13.9. The van der Waals surface area contributed by atoms with E-state index in [-0.39, 0.29) is 24.8 Å². The van der Waals surface area contributed by atoms with Crippen LogP contribution in [0.2, 0.25) is 0 Å². The number of nitrogens with one attached hydrogen (secondary N) is 1. The van der Waals surface area contributed by atoms with Gasteiger partial charge in [-0.3, -0.25) is 4.98 Å². The van der Waals surface area contributed by atoms with E-state index in [1.807, 2.05) is 18.2 Å². The van der Waals surface area contributed by atoms with Crippen molar-refractivity contribution in [3.63, 3.8) is 0 Å². The molecule has 4 nitrogen and oxygen atoms in total. The molecule has 0 amide bonds. The van der Waals surface area contributed by atoms with E-state index >= 15 is 0 Å². The van der Waals surface area contributed by atoms with Gasteiger partial charge in [0.05, 0.1) is 24.1 Å². The molecule has 0 spiro atoms. The van der Waals surface area contributed by atoms with Crippen LogP contribution in [0.3, 0.4) is 0 Å². The van der Waals surface area contributed by atoms with Crippen molar-refractivity contribution in [3.05, 3.63) is 36.4 Å². The third-order valence-corrected chi connectivity index (χ3v) is 1.76. The Labute approximate surface area is 100 Å². The molecule has 0 aliphatic rings. The van der Waals surface area contributed by atoms with Gasteiger partial charge in [0.1, 0.15) is 5.82 Å². The molecule has 0 aliphatic heterocycles. The number of imidazole rings is 1. The van der Waals surface area contributed by atoms with Crippen molar-refractivity contribution in [1.82, 2.24) is 15.0 Å². The number of hydrogen-bond acceptors (Lipinski definition) is 3. The predicted octanol–water partition coefficient (Wildman–Crippen LogP) is 1.77. The molecule has 0 bridgehead atoms. The van der Waals surface area contributed by atoms with Crippen LogP contribution in [-0.4, -0.2) is 15.0 Å². The Hall–Kier alpha value is -1.10. The number of hydrogen-bond donors (Lipinski definition) is 2. The molecule has 0 unspecified atom stereocenters. The van der Waals surface area contributed by atoms with E-state index < -0.39 is 0 Å². The van der Waals surface area contributed by atoms with Crippen LogP contribution in [-0.2, 0) is 6.54 Å². The molecule has 0 radical (unpaired) electrons. The Morgan fingerprint density at radius 1 is 1.20 bits per heavy atom. The first-order valence-electron chi connectivity index (χ1n) is 4.05. The summed E-state index contributed by atoms with van der Waals surface area (Å²) < 4.78 is 0. The highest BCUT2D eigenvalue weighted by Crippen LogP contribution is 2.12. The summed E-state index contributed by atoms with van der Waals surface area (Å²) in [6.45, 7) is 0.423. The lowest BCUT2D eigenvalue weighted by atomic mass is 10.3. The zero-order valence-corrected chi connectivity index (χ0v) is 9.52. The van der Waals surface area contributed by atoms with Crippen LogP contribution in [0.4, 0.5) is 0 Å². The minimum atomic E-state index is 0. The second kappa shape index (κ2) is 6.40. The van der Waals surface area contributed by atoms with E-state index in [0.29, 0.717) is 6.54 Å². The molecule has 2 heterocycles. The number of nitrogens with two attached hydrogens (primary N) is 1. The summed E-state index contributed by atoms with van der Waals surface area (Å²) in [6.07, 6.45) is 3.49. The molecule has 0 aliphatic carbocycles. The summed E-state index contributed by atoms with van der Waals surface area (Å²) in [5, 5.41) is 0. The molecule has 6 heteroatoms. The van der Waals surface area contributed by atoms with Crippen LogP contribution in [0, 0.1) is 0 Å². The molecule has 15 heavy (non-hydrogen) atoms. The lowest BCUT2D eigenvalue weighted by Crippen LogP contribution is -1.97. The molecule has 2 aromatic heterocycles. The van der Waals surface area contributed by atoms with Crippen LogP contribution in [0.25, 0.3) is 11.4 Å². The zero-order valence-electron chi connectivity index (χ0n) is 7.88. The molecule has 0 atom stereocenters. The second-order valence-electron chi connectivity index (χ2n) is 2.66. The highest BCUT2D eigenvalue weighted by Gasteiger charge is 2.01. The zero-order chi connectivity index (χ0) is 9.10. The van der Waals surface area contributed by atoms with Crippen molar-refractivity contribution in [2.24, 2.45) is 5.73 Å². The minimum Gasteiger partial charge on any atom is -0.340 e. The third kappa shape index (κ3) is 3.20. The Morgan fingerprint density at radius 2 is 2.00 bits per heavy atom. The van der Waals surface area contributed by atoms with Gasteiger partial charge in [-0.05, 0) is 12.1 Å². The predicted molar refractivity (Wildman–Crippen MR) is 64.2 cm³/mol. The van der Waals surface area contributed by atoms with Gasteiger partial charge in [0.15, 0.2) is 0 Å². The van der Waals surface area contributed by atoms with Gasteiger partial charge >= 0.3 is 0 Å². The molecule has 3 N–H and O–H groups in total. The summed E-state index contributed by atoms with van der Waals surface area (Å²) in [5.41, 5.74) is 7.21. The molecule has 82 valence electrons. The highest BCUT2D eigenvalue weighted by molar-refractivity contribution is 5.85. The number of aromatic nitrogens is 3. The largest absolute Gasteiger partial charge is 0.340 e. The maximum atomic E-state index is 5.43. The molecule has 0 saturated carbocycles. The fraction of sp³-hybridized carbons (Fsp3) is 0.111. The Morgan fingerprint density at radius 3 is 2.53 bits per heavy atom. The van der Waals surface area contributed by atoms with Gasteiger partial charge in [0.2, 0.25) is 0 Å². The normalized spacial score (nSPS) is 8.87. The minimum absolute atomic E-state index is 0. The van der Waals surface area contributed by atoms with Gasteiger partial charge in [0, 0.05) is 6.20 Å². The van der Waals surface area contributed by atoms with E-state index in [0.717, 1.165) is 17.2 Å². The van der Waals surface area contributed by atoms with E-state index in [2.05, 4.69) is 15.0 Å². The van der Waals surface area contributed by atoms with Gasteiger partial charge < -0.3 is 10.7 Å². The standard InChI is InChI=1S/C9H10N4.2ClH/c10-5-9-12-6-8(13-9)7-3-1-2-4-11-7;;/h1-4,6H,5,10H2,(H,12,13);2*1H. The van der Waals surface area contributed by atoms with Crippen LogP contribution >= 0.6 is 24.8 Å². The van der Waals surface area contributed by atoms with Crippen LogP contribution in [0.5, 0.6) is 0 Å². The Balaban J connectivity index is 0.000000980. The lowest BCUT2D eigenvalue weighted by Gasteiger charge is -1.93. The molecular weight excluding hydrogens is 235 g/mol. The quantitative estimate of drug-likeness (QED) is 0.849. The van der Waals surface area contributed by atoms with Crippen molar-refractivity contribution in [3.8, 4) is 11.4 Å². The monoisotopic (exact) mass is 246 g/mol. The van der Waals surface area contributed by atoms with Crippen molar-refractivity contribution in [1.29, 1.82) is 0 Å². The molecular formula is C9H12Cl2N4. The number of rotatable bonds is 2. The SMILES string of the molecule is Cl.Cl.NCc1ncc(-c2ccccn2)[nH]1. The number of halogens is 2. The summed E-state index contributed by atoms with van der Waals surface area (Å²) in [7, 11) is 0. The topological polar surface area (TPSA) is 67.6 Å². The fourth-order valence-electron chi connectivity index (χ4n) is 1.12. The van der Waals surface area contributed by atoms with E-state index in [1.54, 1.807) is 12.4 Å². The summed E-state index contributed by atoms with van der Waals surface area (Å²) in [5.74, 6) is 0.778. The van der Waals surface area contributed by atoms with Crippen LogP contribution < -0.4 is 5.73 Å². The van der Waals surface area contributed by atoms with Gasteiger partial charge in [-0.15, -0.1) is 24.8 Å². The molecule has 0 saturated heterocycles. The highest BCUT2D eigenvalue weighted by atomic mass is 35.5. The second-order valence-corrected chi connectivity index (χ2v) is 2.66. The summed E-state index contributed by atoms with van der Waals surface area (Å²) in [4.78, 5) is 11.4. The molecule has 0 aromatic carbocycles. The molecule has 2 rings (SSSR count). The van der Waals surface area contributed by atoms with E-state index in [4.69, 9.17) is 5.73 Å². The third-order valence-electron chi connectivity index (χ3n) is 1.76. The smallest absolute Gasteiger partial charge is 0.120 e. The first-order valence-corrected chi connectivity index (χ1v) is 4.05. The van der Waals surface area contributed by atoms with Crippen LogP contribution in [0.1, 0.15) is 5.82 Å². The number of H-pyrrole nitrogens is 1. The number of pyridine rings is 1. The lowest BCUT2D eigenvalue weighted by molar-refractivity contribution is 0.950. The van der Waals surface area contributed by atoms with Gasteiger partial charge in [-0.25, -0.2) is 4.98 Å². The van der Waals surface area contributed by atoms with Gasteiger partial charge in [-0.2, -0.15) is 0 Å². The molecule has 0 fully saturated rings.